The fraction of sp³-hybridized carbons (Fsp3) is 0.538. The summed E-state index contributed by atoms with van der Waals surface area (Å²) in [7, 11) is 0. The van der Waals surface area contributed by atoms with Gasteiger partial charge in [0.15, 0.2) is 0 Å². The summed E-state index contributed by atoms with van der Waals surface area (Å²) in [5.41, 5.74) is 4.88. The van der Waals surface area contributed by atoms with Crippen LogP contribution in [-0.2, 0) is 4.74 Å². The second-order valence-electron chi connectivity index (χ2n) is 5.46. The summed E-state index contributed by atoms with van der Waals surface area (Å²) in [6, 6.07) is 1.20. The lowest BCUT2D eigenvalue weighted by Gasteiger charge is -2.45. The zero-order chi connectivity index (χ0) is 15.2. The van der Waals surface area contributed by atoms with Gasteiger partial charge in [-0.25, -0.2) is 9.97 Å². The molecule has 1 saturated heterocycles. The Morgan fingerprint density at radius 2 is 2.29 bits per heavy atom. The fourth-order valence-electron chi connectivity index (χ4n) is 2.80. The summed E-state index contributed by atoms with van der Waals surface area (Å²) in [5.74, 6) is 0.351. The Hall–Kier alpha value is -1.74. The van der Waals surface area contributed by atoms with E-state index in [9.17, 15) is 15.3 Å². The molecule has 8 heteroatoms. The van der Waals surface area contributed by atoms with Crippen molar-refractivity contribution in [3.8, 4) is 0 Å². The minimum Gasteiger partial charge on any atom is -0.394 e. The average Bonchev–Trinajstić information content (AvgIpc) is 2.87. The van der Waals surface area contributed by atoms with Crippen molar-refractivity contribution in [2.45, 2.75) is 30.8 Å². The van der Waals surface area contributed by atoms with Gasteiger partial charge < -0.3 is 30.4 Å². The van der Waals surface area contributed by atoms with Crippen LogP contribution in [-0.4, -0.2) is 60.9 Å². The molecule has 0 radical (unpaired) electrons. The molecule has 2 aromatic rings. The van der Waals surface area contributed by atoms with Crippen LogP contribution in [0.2, 0.25) is 0 Å². The molecule has 0 saturated carbocycles. The van der Waals surface area contributed by atoms with Gasteiger partial charge in [0.1, 0.15) is 35.6 Å². The van der Waals surface area contributed by atoms with Crippen LogP contribution >= 0.6 is 0 Å². The van der Waals surface area contributed by atoms with Crippen molar-refractivity contribution >= 4 is 16.9 Å². The van der Waals surface area contributed by atoms with Gasteiger partial charge in [-0.2, -0.15) is 0 Å². The number of rotatable bonds is 2. The van der Waals surface area contributed by atoms with Crippen LogP contribution in [0.4, 0.5) is 5.82 Å². The molecule has 0 aliphatic carbocycles. The quantitative estimate of drug-likeness (QED) is 0.563. The molecular weight excluding hydrogens is 276 g/mol. The maximum atomic E-state index is 10.7. The monoisotopic (exact) mass is 294 g/mol. The molecule has 4 atom stereocenters. The Labute approximate surface area is 120 Å². The first-order valence-electron chi connectivity index (χ1n) is 6.66. The number of aromatic nitrogens is 3. The van der Waals surface area contributed by atoms with E-state index in [2.05, 4.69) is 9.97 Å². The van der Waals surface area contributed by atoms with Crippen molar-refractivity contribution in [3.05, 3.63) is 18.6 Å². The van der Waals surface area contributed by atoms with Crippen molar-refractivity contribution in [3.63, 3.8) is 0 Å². The second-order valence-corrected chi connectivity index (χ2v) is 5.46. The van der Waals surface area contributed by atoms with E-state index in [0.717, 1.165) is 0 Å². The number of anilines is 1. The third kappa shape index (κ3) is 2.07. The van der Waals surface area contributed by atoms with E-state index in [-0.39, 0.29) is 13.2 Å². The number of fused-ring (bicyclic) bond motifs is 1. The Bertz CT molecular complexity index is 657. The van der Waals surface area contributed by atoms with Crippen LogP contribution in [0.5, 0.6) is 0 Å². The molecule has 1 fully saturated rings. The first-order valence-corrected chi connectivity index (χ1v) is 6.66. The van der Waals surface area contributed by atoms with Crippen LogP contribution < -0.4 is 5.73 Å². The maximum Gasteiger partial charge on any atom is 0.145 e. The topological polar surface area (TPSA) is 127 Å². The fourth-order valence-corrected chi connectivity index (χ4v) is 2.80. The summed E-state index contributed by atoms with van der Waals surface area (Å²) >= 11 is 0. The van der Waals surface area contributed by atoms with Gasteiger partial charge in [0.05, 0.1) is 24.6 Å². The highest BCUT2D eigenvalue weighted by Gasteiger charge is 2.48. The summed E-state index contributed by atoms with van der Waals surface area (Å²) in [5, 5.41) is 30.7. The van der Waals surface area contributed by atoms with Gasteiger partial charge in [-0.3, -0.25) is 0 Å². The molecule has 3 heterocycles. The minimum absolute atomic E-state index is 0.142. The number of ether oxygens (including phenoxy) is 1. The van der Waals surface area contributed by atoms with Crippen molar-refractivity contribution in [2.75, 3.05) is 18.9 Å². The van der Waals surface area contributed by atoms with Crippen LogP contribution in [0.15, 0.2) is 18.6 Å². The van der Waals surface area contributed by atoms with E-state index < -0.39 is 23.9 Å². The summed E-state index contributed by atoms with van der Waals surface area (Å²) in [6.45, 7) is 1.30. The number of nitrogen functional groups attached to an aromatic ring is 1. The summed E-state index contributed by atoms with van der Waals surface area (Å²) < 4.78 is 7.15. The molecule has 8 nitrogen and oxygen atoms in total. The van der Waals surface area contributed by atoms with Gasteiger partial charge in [0.2, 0.25) is 0 Å². The van der Waals surface area contributed by atoms with E-state index in [1.165, 1.54) is 13.3 Å². The highest BCUT2D eigenvalue weighted by molar-refractivity contribution is 5.86. The molecule has 5 N–H and O–H groups in total. The van der Waals surface area contributed by atoms with Gasteiger partial charge in [0, 0.05) is 6.20 Å². The van der Waals surface area contributed by atoms with Gasteiger partial charge in [-0.1, -0.05) is 0 Å². The Morgan fingerprint density at radius 3 is 3.00 bits per heavy atom. The third-order valence-electron chi connectivity index (χ3n) is 4.15. The van der Waals surface area contributed by atoms with Gasteiger partial charge >= 0.3 is 0 Å². The number of aliphatic hydroxyl groups excluding tert-OH is 2. The van der Waals surface area contributed by atoms with Gasteiger partial charge in [-0.05, 0) is 13.0 Å². The van der Waals surface area contributed by atoms with Crippen molar-refractivity contribution in [2.24, 2.45) is 0 Å². The molecule has 0 aromatic carbocycles. The number of aliphatic hydroxyl groups is 3. The first-order chi connectivity index (χ1) is 9.96. The number of nitrogens with two attached hydrogens (primary N) is 1. The standard InChI is InChI=1S/C13H18N4O4/c1-13(20)9(5-21-8(4-18)10(13)19)17-3-2-7-11(14)15-6-16-12(7)17/h2-3,6,8-10,18-20H,4-5H2,1H3,(H2,14,15,16)/t8-,9?,10-,13?/m1/s1. The van der Waals surface area contributed by atoms with Gasteiger partial charge in [0.25, 0.3) is 0 Å². The number of hydrogen-bond donors (Lipinski definition) is 4. The van der Waals surface area contributed by atoms with E-state index in [1.807, 2.05) is 0 Å². The molecule has 21 heavy (non-hydrogen) atoms. The Balaban J connectivity index is 2.05. The van der Waals surface area contributed by atoms with Crippen molar-refractivity contribution < 1.29 is 20.1 Å². The summed E-state index contributed by atoms with van der Waals surface area (Å²) in [4.78, 5) is 8.10. The largest absolute Gasteiger partial charge is 0.394 e. The van der Waals surface area contributed by atoms with Crippen LogP contribution in [0.25, 0.3) is 11.0 Å². The zero-order valence-electron chi connectivity index (χ0n) is 11.5. The highest BCUT2D eigenvalue weighted by atomic mass is 16.5. The van der Waals surface area contributed by atoms with Crippen molar-refractivity contribution in [1.82, 2.24) is 14.5 Å². The predicted molar refractivity (Wildman–Crippen MR) is 74.4 cm³/mol. The zero-order valence-corrected chi connectivity index (χ0v) is 11.5. The molecule has 1 aliphatic heterocycles. The molecule has 1 aliphatic rings. The number of nitrogens with zero attached hydrogens (tertiary/aromatic N) is 3. The molecule has 0 spiro atoms. The molecular formula is C13H18N4O4. The molecule has 2 unspecified atom stereocenters. The van der Waals surface area contributed by atoms with Gasteiger partial charge in [-0.15, -0.1) is 0 Å². The van der Waals surface area contributed by atoms with E-state index in [4.69, 9.17) is 10.5 Å². The molecule has 114 valence electrons. The van der Waals surface area contributed by atoms with Crippen LogP contribution in [0, 0.1) is 0 Å². The van der Waals surface area contributed by atoms with Crippen LogP contribution in [0.3, 0.4) is 0 Å². The SMILES string of the molecule is CC1(O)C(n2ccc3c(N)ncnc32)CO[C@H](CO)[C@H]1O. The van der Waals surface area contributed by atoms with E-state index >= 15 is 0 Å². The molecule has 2 aromatic heterocycles. The first kappa shape index (κ1) is 14.2. The lowest BCUT2D eigenvalue weighted by molar-refractivity contribution is -0.214. The molecule has 3 rings (SSSR count). The minimum atomic E-state index is -1.47. The summed E-state index contributed by atoms with van der Waals surface area (Å²) in [6.07, 6.45) is 1.06. The van der Waals surface area contributed by atoms with Crippen LogP contribution in [0.1, 0.15) is 13.0 Å². The Morgan fingerprint density at radius 1 is 1.52 bits per heavy atom. The van der Waals surface area contributed by atoms with Crippen molar-refractivity contribution in [1.29, 1.82) is 0 Å². The van der Waals surface area contributed by atoms with E-state index in [1.54, 1.807) is 16.8 Å². The Kier molecular flexibility index (Phi) is 3.33. The average molecular weight is 294 g/mol. The smallest absolute Gasteiger partial charge is 0.145 e. The highest BCUT2D eigenvalue weighted by Crippen LogP contribution is 2.36. The third-order valence-corrected chi connectivity index (χ3v) is 4.15. The molecule has 0 amide bonds. The normalized spacial score (nSPS) is 33.4. The van der Waals surface area contributed by atoms with E-state index in [0.29, 0.717) is 16.9 Å². The molecule has 0 bridgehead atoms. The second kappa shape index (κ2) is 4.92. The maximum absolute atomic E-state index is 10.7. The lowest BCUT2D eigenvalue weighted by atomic mass is 9.85. The number of hydrogen-bond acceptors (Lipinski definition) is 7. The predicted octanol–water partition coefficient (Wildman–Crippen LogP) is -0.942. The lowest BCUT2D eigenvalue weighted by Crippen LogP contribution is -2.59.